The Morgan fingerprint density at radius 3 is 2.03 bits per heavy atom. The second-order valence-corrected chi connectivity index (χ2v) is 6.54. The van der Waals surface area contributed by atoms with Crippen LogP contribution in [0.1, 0.15) is 10.5 Å². The first-order valence-corrected chi connectivity index (χ1v) is 9.35. The van der Waals surface area contributed by atoms with Gasteiger partial charge in [-0.3, -0.25) is 9.67 Å². The standard InChI is InChI=1S/C18H15F3N4O3.C2HF3O2/c19-18(20,21)28-13-3-1-11(2-4-13)14-9-12(5-7-23-14)15-10-16(17(26)27)25(24-15)8-6-22;3-2(4,5)1(6)7/h1-5,7,9-10H,6,8,22H2,(H,26,27);(H,6,7). The van der Waals surface area contributed by atoms with Gasteiger partial charge in [-0.1, -0.05) is 0 Å². The normalized spacial score (nSPS) is 11.4. The van der Waals surface area contributed by atoms with Crippen LogP contribution < -0.4 is 10.5 Å². The number of rotatable bonds is 6. The number of carboxylic acid groups (broad SMARTS) is 2. The highest BCUT2D eigenvalue weighted by atomic mass is 19.4. The molecule has 1 aromatic carbocycles. The van der Waals surface area contributed by atoms with E-state index in [2.05, 4.69) is 14.8 Å². The maximum Gasteiger partial charge on any atom is 0.573 e. The van der Waals surface area contributed by atoms with Crippen molar-refractivity contribution in [2.75, 3.05) is 6.54 Å². The first kappa shape index (κ1) is 27.1. The zero-order valence-electron chi connectivity index (χ0n) is 17.3. The van der Waals surface area contributed by atoms with E-state index in [1.165, 1.54) is 41.2 Å². The number of halogens is 6. The van der Waals surface area contributed by atoms with E-state index in [9.17, 15) is 36.2 Å². The van der Waals surface area contributed by atoms with Gasteiger partial charge in [-0.05, 0) is 42.5 Å². The number of nitrogens with two attached hydrogens (primary N) is 1. The van der Waals surface area contributed by atoms with E-state index >= 15 is 0 Å². The number of hydrogen-bond acceptors (Lipinski definition) is 6. The monoisotopic (exact) mass is 506 g/mol. The molecule has 0 saturated heterocycles. The summed E-state index contributed by atoms with van der Waals surface area (Å²) in [5, 5.41) is 20.7. The van der Waals surface area contributed by atoms with Gasteiger partial charge in [0.2, 0.25) is 0 Å². The molecule has 0 aliphatic heterocycles. The van der Waals surface area contributed by atoms with E-state index in [4.69, 9.17) is 15.6 Å². The number of aromatic carboxylic acids is 1. The Labute approximate surface area is 192 Å². The van der Waals surface area contributed by atoms with Gasteiger partial charge >= 0.3 is 24.5 Å². The molecule has 2 heterocycles. The molecular formula is C20H16F6N4O5. The second-order valence-electron chi connectivity index (χ2n) is 6.54. The maximum absolute atomic E-state index is 12.3. The first-order valence-electron chi connectivity index (χ1n) is 9.35. The minimum atomic E-state index is -5.08. The van der Waals surface area contributed by atoms with Crippen molar-refractivity contribution in [2.24, 2.45) is 5.73 Å². The molecule has 3 aromatic rings. The number of alkyl halides is 6. The number of hydrogen-bond donors (Lipinski definition) is 3. The lowest BCUT2D eigenvalue weighted by atomic mass is 10.1. The Balaban J connectivity index is 0.000000540. The van der Waals surface area contributed by atoms with Crippen molar-refractivity contribution in [3.05, 3.63) is 54.4 Å². The van der Waals surface area contributed by atoms with Crippen LogP contribution in [0, 0.1) is 0 Å². The summed E-state index contributed by atoms with van der Waals surface area (Å²) in [5.41, 5.74) is 7.58. The van der Waals surface area contributed by atoms with E-state index in [0.29, 0.717) is 22.5 Å². The van der Waals surface area contributed by atoms with Crippen LogP contribution in [0.4, 0.5) is 26.3 Å². The molecule has 3 rings (SSSR count). The molecular weight excluding hydrogens is 490 g/mol. The first-order chi connectivity index (χ1) is 16.2. The van der Waals surface area contributed by atoms with E-state index in [0.717, 1.165) is 0 Å². The number of pyridine rings is 1. The SMILES string of the molecule is NCCn1nc(-c2ccnc(-c3ccc(OC(F)(F)F)cc3)c2)cc1C(=O)O.O=C(O)C(F)(F)F. The van der Waals surface area contributed by atoms with Gasteiger partial charge in [0.15, 0.2) is 0 Å². The quantitative estimate of drug-likeness (QED) is 0.429. The molecule has 9 nitrogen and oxygen atoms in total. The molecule has 0 unspecified atom stereocenters. The van der Waals surface area contributed by atoms with Gasteiger partial charge < -0.3 is 20.7 Å². The summed E-state index contributed by atoms with van der Waals surface area (Å²) in [4.78, 5) is 24.5. The van der Waals surface area contributed by atoms with Crippen molar-refractivity contribution in [3.63, 3.8) is 0 Å². The number of aromatic nitrogens is 3. The molecule has 188 valence electrons. The number of aliphatic carboxylic acids is 1. The number of carboxylic acids is 2. The summed E-state index contributed by atoms with van der Waals surface area (Å²) in [5.74, 6) is -4.21. The third-order valence-electron chi connectivity index (χ3n) is 4.02. The van der Waals surface area contributed by atoms with Gasteiger partial charge in [0.1, 0.15) is 11.4 Å². The minimum Gasteiger partial charge on any atom is -0.477 e. The molecule has 0 radical (unpaired) electrons. The fourth-order valence-electron chi connectivity index (χ4n) is 2.60. The molecule has 0 saturated carbocycles. The lowest BCUT2D eigenvalue weighted by Gasteiger charge is -2.09. The summed E-state index contributed by atoms with van der Waals surface area (Å²) < 4.78 is 73.7. The van der Waals surface area contributed by atoms with Crippen LogP contribution in [0.25, 0.3) is 22.5 Å². The maximum atomic E-state index is 12.3. The average Bonchev–Trinajstić information content (AvgIpc) is 3.18. The second kappa shape index (κ2) is 10.9. The molecule has 0 fully saturated rings. The number of carbonyl (C=O) groups is 2. The fourth-order valence-corrected chi connectivity index (χ4v) is 2.60. The summed E-state index contributed by atoms with van der Waals surface area (Å²) >= 11 is 0. The lowest BCUT2D eigenvalue weighted by molar-refractivity contribution is -0.274. The predicted molar refractivity (Wildman–Crippen MR) is 107 cm³/mol. The molecule has 0 spiro atoms. The molecule has 0 atom stereocenters. The van der Waals surface area contributed by atoms with Crippen LogP contribution in [0.3, 0.4) is 0 Å². The van der Waals surface area contributed by atoms with Gasteiger partial charge in [0, 0.05) is 23.9 Å². The third-order valence-corrected chi connectivity index (χ3v) is 4.02. The van der Waals surface area contributed by atoms with Gasteiger partial charge in [0.25, 0.3) is 0 Å². The van der Waals surface area contributed by atoms with Crippen molar-refractivity contribution in [3.8, 4) is 28.3 Å². The summed E-state index contributed by atoms with van der Waals surface area (Å²) in [7, 11) is 0. The highest BCUT2D eigenvalue weighted by Crippen LogP contribution is 2.28. The van der Waals surface area contributed by atoms with E-state index < -0.39 is 24.5 Å². The highest BCUT2D eigenvalue weighted by Gasteiger charge is 2.38. The molecule has 4 N–H and O–H groups in total. The third kappa shape index (κ3) is 7.99. The summed E-state index contributed by atoms with van der Waals surface area (Å²) in [6, 6.07) is 10.0. The smallest absolute Gasteiger partial charge is 0.477 e. The lowest BCUT2D eigenvalue weighted by Crippen LogP contribution is -2.21. The largest absolute Gasteiger partial charge is 0.573 e. The Bertz CT molecular complexity index is 1180. The number of benzene rings is 1. The Morgan fingerprint density at radius 1 is 0.943 bits per heavy atom. The van der Waals surface area contributed by atoms with Crippen LogP contribution in [0.5, 0.6) is 5.75 Å². The number of nitrogens with zero attached hydrogens (tertiary/aromatic N) is 3. The van der Waals surface area contributed by atoms with Crippen LogP contribution in [0.15, 0.2) is 48.7 Å². The highest BCUT2D eigenvalue weighted by molar-refractivity contribution is 5.87. The zero-order chi connectivity index (χ0) is 26.4. The van der Waals surface area contributed by atoms with Crippen LogP contribution in [-0.2, 0) is 11.3 Å². The van der Waals surface area contributed by atoms with E-state index in [1.807, 2.05) is 0 Å². The fraction of sp³-hybridized carbons (Fsp3) is 0.200. The molecule has 0 amide bonds. The van der Waals surface area contributed by atoms with Crippen molar-refractivity contribution in [1.82, 2.24) is 14.8 Å². The van der Waals surface area contributed by atoms with Crippen molar-refractivity contribution < 1.29 is 50.9 Å². The van der Waals surface area contributed by atoms with Gasteiger partial charge in [0.05, 0.1) is 17.9 Å². The molecule has 0 aliphatic carbocycles. The molecule has 2 aromatic heterocycles. The van der Waals surface area contributed by atoms with Crippen LogP contribution in [0.2, 0.25) is 0 Å². The minimum absolute atomic E-state index is 0.00691. The number of ether oxygens (including phenoxy) is 1. The zero-order valence-corrected chi connectivity index (χ0v) is 17.3. The topological polar surface area (TPSA) is 141 Å². The van der Waals surface area contributed by atoms with Crippen molar-refractivity contribution in [2.45, 2.75) is 19.1 Å². The summed E-state index contributed by atoms with van der Waals surface area (Å²) in [6.07, 6.45) is -8.34. The van der Waals surface area contributed by atoms with E-state index in [-0.39, 0.29) is 24.5 Å². The summed E-state index contributed by atoms with van der Waals surface area (Å²) in [6.45, 7) is 0.482. The van der Waals surface area contributed by atoms with Crippen LogP contribution in [-0.4, -0.2) is 56.0 Å². The Morgan fingerprint density at radius 2 is 1.54 bits per heavy atom. The van der Waals surface area contributed by atoms with Gasteiger partial charge in [-0.15, -0.1) is 13.2 Å². The Kier molecular flexibility index (Phi) is 8.41. The average molecular weight is 506 g/mol. The predicted octanol–water partition coefficient (Wildman–Crippen LogP) is 3.80. The Hall–Kier alpha value is -4.14. The van der Waals surface area contributed by atoms with Crippen LogP contribution >= 0.6 is 0 Å². The molecule has 15 heteroatoms. The van der Waals surface area contributed by atoms with Crippen molar-refractivity contribution in [1.29, 1.82) is 0 Å². The van der Waals surface area contributed by atoms with Gasteiger partial charge in [-0.25, -0.2) is 9.59 Å². The van der Waals surface area contributed by atoms with Gasteiger partial charge in [-0.2, -0.15) is 18.3 Å². The molecule has 0 bridgehead atoms. The van der Waals surface area contributed by atoms with Crippen molar-refractivity contribution >= 4 is 11.9 Å². The van der Waals surface area contributed by atoms with E-state index in [1.54, 1.807) is 12.1 Å². The molecule has 35 heavy (non-hydrogen) atoms. The molecule has 0 aliphatic rings.